The van der Waals surface area contributed by atoms with Crippen molar-refractivity contribution in [2.75, 3.05) is 25.0 Å². The molecule has 2 atom stereocenters. The van der Waals surface area contributed by atoms with Gasteiger partial charge in [-0.15, -0.1) is 0 Å². The summed E-state index contributed by atoms with van der Waals surface area (Å²) in [6.45, 7) is 1.64. The molecule has 2 heterocycles. The maximum atomic E-state index is 12.4. The zero-order valence-corrected chi connectivity index (χ0v) is 16.5. The van der Waals surface area contributed by atoms with Crippen molar-refractivity contribution < 1.29 is 24.3 Å². The summed E-state index contributed by atoms with van der Waals surface area (Å²) in [6.07, 6.45) is 1.02. The third kappa shape index (κ3) is 5.04. The molecule has 160 valence electrons. The maximum Gasteiger partial charge on any atom is 0.520 e. The molecule has 2 aromatic rings. The van der Waals surface area contributed by atoms with Crippen LogP contribution in [-0.4, -0.2) is 69.5 Å². The molecule has 1 aliphatic heterocycles. The molecule has 0 saturated carbocycles. The van der Waals surface area contributed by atoms with Gasteiger partial charge in [-0.1, -0.05) is 12.1 Å². The number of urea groups is 1. The number of para-hydroxylation sites is 2. The zero-order valence-electron chi connectivity index (χ0n) is 16.5. The number of hydrogen-bond acceptors (Lipinski definition) is 6. The number of carbonyl (C=O) groups excluding carboxylic acids is 4. The Labute approximate surface area is 172 Å². The third-order valence-electron chi connectivity index (χ3n) is 4.81. The van der Waals surface area contributed by atoms with Gasteiger partial charge < -0.3 is 26.0 Å². The Kier molecular flexibility index (Phi) is 6.50. The Bertz CT molecular complexity index is 925. The molecule has 6 N–H and O–H groups in total. The summed E-state index contributed by atoms with van der Waals surface area (Å²) in [7, 11) is 0. The monoisotopic (exact) mass is 417 g/mol. The summed E-state index contributed by atoms with van der Waals surface area (Å²) in [5.41, 5.74) is 1.78. The first kappa shape index (κ1) is 21.1. The molecular weight excluding hydrogens is 392 g/mol. The predicted octanol–water partition coefficient (Wildman–Crippen LogP) is -0.321. The van der Waals surface area contributed by atoms with Gasteiger partial charge in [0.1, 0.15) is 18.5 Å². The van der Waals surface area contributed by atoms with Gasteiger partial charge in [0.25, 0.3) is 5.91 Å². The topological polar surface area (TPSA) is 159 Å². The van der Waals surface area contributed by atoms with E-state index in [4.69, 9.17) is 5.11 Å². The van der Waals surface area contributed by atoms with Gasteiger partial charge in [0.05, 0.1) is 11.0 Å². The van der Waals surface area contributed by atoms with Crippen molar-refractivity contribution in [2.45, 2.75) is 25.8 Å². The fourth-order valence-corrected chi connectivity index (χ4v) is 3.03. The summed E-state index contributed by atoms with van der Waals surface area (Å²) in [5, 5.41) is 15.2. The first-order valence-corrected chi connectivity index (χ1v) is 9.68. The van der Waals surface area contributed by atoms with E-state index < -0.39 is 42.3 Å². The molecule has 0 aliphatic carbocycles. The van der Waals surface area contributed by atoms with Gasteiger partial charge in [0, 0.05) is 17.9 Å². The summed E-state index contributed by atoms with van der Waals surface area (Å²) in [6, 6.07) is 6.35. The Balaban J connectivity index is 1.41. The van der Waals surface area contributed by atoms with Crippen LogP contribution in [0.2, 0.25) is 0 Å². The second kappa shape index (κ2) is 9.25. The molecule has 11 heteroatoms. The molecule has 30 heavy (non-hydrogen) atoms. The molecule has 1 aliphatic rings. The number of nitrogens with one attached hydrogen (secondary N) is 4. The van der Waals surface area contributed by atoms with E-state index in [2.05, 4.69) is 25.9 Å². The lowest BCUT2D eigenvalue weighted by atomic mass is 10.1. The molecule has 11 nitrogen and oxygen atoms in total. The van der Waals surface area contributed by atoms with Crippen LogP contribution in [0, 0.1) is 5.92 Å². The van der Waals surface area contributed by atoms with Crippen LogP contribution < -0.4 is 16.0 Å². The van der Waals surface area contributed by atoms with Crippen LogP contribution in [0.15, 0.2) is 24.3 Å². The van der Waals surface area contributed by atoms with Gasteiger partial charge in [-0.25, -0.2) is 9.78 Å². The number of amides is 4. The van der Waals surface area contributed by atoms with Crippen LogP contribution in [0.3, 0.4) is 0 Å². The summed E-state index contributed by atoms with van der Waals surface area (Å²) in [5.74, 6) is -1.82. The first-order valence-electron chi connectivity index (χ1n) is 9.68. The van der Waals surface area contributed by atoms with Crippen molar-refractivity contribution >= 4 is 40.8 Å². The Morgan fingerprint density at radius 1 is 1.30 bits per heavy atom. The molecule has 1 fully saturated rings. The minimum atomic E-state index is -0.790. The molecule has 3 rings (SSSR count). The summed E-state index contributed by atoms with van der Waals surface area (Å²) in [4.78, 5) is 55.7. The molecule has 0 spiro atoms. The predicted molar refractivity (Wildman–Crippen MR) is 109 cm³/mol. The van der Waals surface area contributed by atoms with E-state index in [1.165, 1.54) is 6.92 Å². The number of fused-ring (bicyclic) bond motifs is 1. The molecule has 1 aromatic carbocycles. The second-order valence-corrected chi connectivity index (χ2v) is 7.17. The van der Waals surface area contributed by atoms with Gasteiger partial charge in [-0.3, -0.25) is 14.5 Å². The smallest absolute Gasteiger partial charge is 0.520 e. The van der Waals surface area contributed by atoms with Gasteiger partial charge >= 0.3 is 12.0 Å². The minimum Gasteiger partial charge on any atom is -0.564 e. The fourth-order valence-electron chi connectivity index (χ4n) is 3.03. The Hall–Kier alpha value is -3.63. The largest absolute Gasteiger partial charge is 0.564 e. The first-order chi connectivity index (χ1) is 14.3. The number of aromatic amines is 1. The van der Waals surface area contributed by atoms with Gasteiger partial charge in [-0.05, 0) is 31.9 Å². The molecular formula is C19H25N6O5+. The van der Waals surface area contributed by atoms with Crippen LogP contribution in [-0.2, 0) is 14.4 Å². The highest BCUT2D eigenvalue weighted by atomic mass is 16.4. The van der Waals surface area contributed by atoms with Crippen molar-refractivity contribution in [3.63, 3.8) is 0 Å². The van der Waals surface area contributed by atoms with E-state index in [1.807, 2.05) is 24.3 Å². The van der Waals surface area contributed by atoms with Crippen molar-refractivity contribution in [1.29, 1.82) is 0 Å². The summed E-state index contributed by atoms with van der Waals surface area (Å²) < 4.78 is 0. The number of imidazole rings is 1. The van der Waals surface area contributed by atoms with E-state index in [0.717, 1.165) is 15.9 Å². The number of H-pyrrole nitrogens is 1. The van der Waals surface area contributed by atoms with E-state index in [9.17, 15) is 19.2 Å². The highest BCUT2D eigenvalue weighted by Crippen LogP contribution is 2.14. The van der Waals surface area contributed by atoms with Crippen LogP contribution in [0.5, 0.6) is 0 Å². The van der Waals surface area contributed by atoms with E-state index >= 15 is 0 Å². The van der Waals surface area contributed by atoms with Gasteiger partial charge in [0.2, 0.25) is 11.9 Å². The van der Waals surface area contributed by atoms with Gasteiger partial charge in [-0.2, -0.15) is 0 Å². The van der Waals surface area contributed by atoms with Crippen LogP contribution >= 0.6 is 0 Å². The molecule has 1 saturated heterocycles. The van der Waals surface area contributed by atoms with E-state index in [1.54, 1.807) is 0 Å². The molecule has 2 unspecified atom stereocenters. The normalized spacial score (nSPS) is 17.1. The molecule has 1 aromatic heterocycles. The van der Waals surface area contributed by atoms with Crippen LogP contribution in [0.1, 0.15) is 19.8 Å². The number of aromatic nitrogens is 2. The van der Waals surface area contributed by atoms with E-state index in [-0.39, 0.29) is 6.54 Å². The van der Waals surface area contributed by atoms with Crippen molar-refractivity contribution in [2.24, 2.45) is 5.92 Å². The standard InChI is InChI=1S/C19H24N6O5/c1-11(17(28)29)9-21-15(26)10-25-16(27)14(24-19(25)30)7-4-8-20-18-22-12-5-2-3-6-13(12)23-18/h2-3,5-6,11,14H,4,7-10H2,1H3,(H,21,26)(H,24,30)(H,28,29)(H2,20,22,23)/p+1. The average Bonchev–Trinajstić information content (AvgIpc) is 3.24. The number of hydrogen-bond donors (Lipinski definition) is 4. The lowest BCUT2D eigenvalue weighted by molar-refractivity contribution is -0.141. The van der Waals surface area contributed by atoms with E-state index in [0.29, 0.717) is 25.3 Å². The number of anilines is 1. The Morgan fingerprint density at radius 2 is 2.07 bits per heavy atom. The molecule has 4 amide bonds. The third-order valence-corrected chi connectivity index (χ3v) is 4.81. The number of imide groups is 1. The van der Waals surface area contributed by atoms with Crippen molar-refractivity contribution in [1.82, 2.24) is 25.5 Å². The van der Waals surface area contributed by atoms with Crippen molar-refractivity contribution in [3.8, 4) is 0 Å². The lowest BCUT2D eigenvalue weighted by Gasteiger charge is -2.13. The number of nitrogens with zero attached hydrogens (tertiary/aromatic N) is 2. The highest BCUT2D eigenvalue weighted by molar-refractivity contribution is 6.06. The Morgan fingerprint density at radius 3 is 2.80 bits per heavy atom. The number of carbonyl (C=O) groups is 4. The SMILES string of the molecule is CC(CNC(=O)CN1C(=O)NC(CCCNc2nc3ccccc3[nH]2)C1=O)C(=O)[OH2+]. The molecule has 0 radical (unpaired) electrons. The van der Waals surface area contributed by atoms with Gasteiger partial charge in [0.15, 0.2) is 0 Å². The number of rotatable bonds is 10. The maximum absolute atomic E-state index is 12.4. The molecule has 0 bridgehead atoms. The summed E-state index contributed by atoms with van der Waals surface area (Å²) >= 11 is 0. The fraction of sp³-hybridized carbons (Fsp3) is 0.421. The number of benzene rings is 1. The zero-order chi connectivity index (χ0) is 21.7. The van der Waals surface area contributed by atoms with Crippen LogP contribution in [0.4, 0.5) is 10.7 Å². The quantitative estimate of drug-likeness (QED) is 0.235. The minimum absolute atomic E-state index is 0.0122. The second-order valence-electron chi connectivity index (χ2n) is 7.17. The highest BCUT2D eigenvalue weighted by Gasteiger charge is 2.38. The van der Waals surface area contributed by atoms with Crippen molar-refractivity contribution in [3.05, 3.63) is 24.3 Å². The van der Waals surface area contributed by atoms with Crippen LogP contribution in [0.25, 0.3) is 11.0 Å². The lowest BCUT2D eigenvalue weighted by Crippen LogP contribution is -2.42. The average molecular weight is 417 g/mol.